The number of nitrogens with zero attached hydrogens (tertiary/aromatic N) is 4. The van der Waals surface area contributed by atoms with Crippen LogP contribution in [-0.4, -0.2) is 25.7 Å². The maximum Gasteiger partial charge on any atom is 0.288 e. The van der Waals surface area contributed by atoms with E-state index in [0.717, 1.165) is 36.9 Å². The molecule has 0 saturated heterocycles. The molecule has 4 aromatic rings. The lowest BCUT2D eigenvalue weighted by molar-refractivity contribution is 0.0923. The number of anilines is 2. The maximum atomic E-state index is 12.7. The SMILES string of the molecule is N#C[C@@H]1CCCC[C@H]1n1nc(Nc2cccc(CNC(=O)c3cnco3)c2)c2c(=O)[nH]ccc21. The van der Waals surface area contributed by atoms with Crippen molar-refractivity contribution in [1.82, 2.24) is 25.1 Å². The first-order chi connectivity index (χ1) is 16.6. The molecule has 0 unspecified atom stereocenters. The first kappa shape index (κ1) is 21.5. The van der Waals surface area contributed by atoms with E-state index in [0.29, 0.717) is 16.7 Å². The fraction of sp³-hybridized carbons (Fsp3) is 0.292. The van der Waals surface area contributed by atoms with Gasteiger partial charge in [0.05, 0.1) is 29.7 Å². The Balaban J connectivity index is 1.42. The van der Waals surface area contributed by atoms with Gasteiger partial charge < -0.3 is 20.0 Å². The minimum atomic E-state index is -0.355. The van der Waals surface area contributed by atoms with Gasteiger partial charge in [-0.15, -0.1) is 0 Å². The molecule has 10 nitrogen and oxygen atoms in total. The molecular formula is C24H23N7O3. The van der Waals surface area contributed by atoms with Crippen molar-refractivity contribution >= 4 is 28.3 Å². The maximum absolute atomic E-state index is 12.7. The topological polar surface area (TPSA) is 142 Å². The quantitative estimate of drug-likeness (QED) is 0.401. The van der Waals surface area contributed by atoms with E-state index >= 15 is 0 Å². The van der Waals surface area contributed by atoms with Crippen LogP contribution in [0, 0.1) is 17.2 Å². The molecule has 3 heterocycles. The third-order valence-corrected chi connectivity index (χ3v) is 6.14. The summed E-state index contributed by atoms with van der Waals surface area (Å²) in [6.45, 7) is 0.288. The Labute approximate surface area is 194 Å². The highest BCUT2D eigenvalue weighted by atomic mass is 16.3. The van der Waals surface area contributed by atoms with E-state index in [-0.39, 0.29) is 35.7 Å². The highest BCUT2D eigenvalue weighted by Crippen LogP contribution is 2.36. The van der Waals surface area contributed by atoms with Crippen LogP contribution in [0.25, 0.3) is 10.9 Å². The minimum absolute atomic E-state index is 0.0729. The number of nitrogens with one attached hydrogen (secondary N) is 3. The fourth-order valence-electron chi connectivity index (χ4n) is 4.49. The Morgan fingerprint density at radius 3 is 3.00 bits per heavy atom. The summed E-state index contributed by atoms with van der Waals surface area (Å²) >= 11 is 0. The third kappa shape index (κ3) is 4.15. The Morgan fingerprint density at radius 1 is 1.29 bits per heavy atom. The normalized spacial score (nSPS) is 17.9. The highest BCUT2D eigenvalue weighted by molar-refractivity contribution is 5.92. The lowest BCUT2D eigenvalue weighted by atomic mass is 9.85. The largest absolute Gasteiger partial charge is 0.438 e. The molecule has 0 bridgehead atoms. The number of pyridine rings is 1. The number of hydrogen-bond acceptors (Lipinski definition) is 7. The monoisotopic (exact) mass is 457 g/mol. The minimum Gasteiger partial charge on any atom is -0.438 e. The molecule has 1 amide bonds. The number of hydrogen-bond donors (Lipinski definition) is 3. The van der Waals surface area contributed by atoms with Gasteiger partial charge in [0, 0.05) is 18.4 Å². The van der Waals surface area contributed by atoms with Gasteiger partial charge in [0.1, 0.15) is 5.39 Å². The average Bonchev–Trinajstić information content (AvgIpc) is 3.52. The van der Waals surface area contributed by atoms with E-state index in [1.54, 1.807) is 6.20 Å². The number of carbonyl (C=O) groups excluding carboxylic acids is 1. The molecule has 3 aromatic heterocycles. The predicted octanol–water partition coefficient (Wildman–Crippen LogP) is 3.64. The zero-order valence-electron chi connectivity index (χ0n) is 18.3. The second-order valence-corrected chi connectivity index (χ2v) is 8.32. The van der Waals surface area contributed by atoms with Crippen LogP contribution in [-0.2, 0) is 6.54 Å². The number of fused-ring (bicyclic) bond motifs is 1. The number of carbonyl (C=O) groups is 1. The van der Waals surface area contributed by atoms with Gasteiger partial charge in [0.25, 0.3) is 11.5 Å². The molecule has 5 rings (SSSR count). The van der Waals surface area contributed by atoms with E-state index in [1.807, 2.05) is 35.0 Å². The number of nitriles is 1. The second-order valence-electron chi connectivity index (χ2n) is 8.32. The van der Waals surface area contributed by atoms with Gasteiger partial charge in [-0.2, -0.15) is 10.4 Å². The van der Waals surface area contributed by atoms with E-state index in [2.05, 4.69) is 26.7 Å². The number of rotatable bonds is 6. The van der Waals surface area contributed by atoms with Crippen LogP contribution < -0.4 is 16.2 Å². The zero-order valence-corrected chi connectivity index (χ0v) is 18.3. The molecule has 172 valence electrons. The molecule has 1 fully saturated rings. The summed E-state index contributed by atoms with van der Waals surface area (Å²) in [6, 6.07) is 11.7. The smallest absolute Gasteiger partial charge is 0.288 e. The first-order valence-corrected chi connectivity index (χ1v) is 11.2. The summed E-state index contributed by atoms with van der Waals surface area (Å²) in [5.41, 5.74) is 2.04. The molecule has 1 aliphatic rings. The molecule has 0 radical (unpaired) electrons. The molecule has 0 spiro atoms. The number of benzene rings is 1. The Morgan fingerprint density at radius 2 is 2.18 bits per heavy atom. The summed E-state index contributed by atoms with van der Waals surface area (Å²) in [5.74, 6) is 0.0813. The third-order valence-electron chi connectivity index (χ3n) is 6.14. The summed E-state index contributed by atoms with van der Waals surface area (Å²) in [7, 11) is 0. The van der Waals surface area contributed by atoms with Crippen LogP contribution >= 0.6 is 0 Å². The van der Waals surface area contributed by atoms with Crippen molar-refractivity contribution < 1.29 is 9.21 Å². The molecule has 34 heavy (non-hydrogen) atoms. The fourth-order valence-corrected chi connectivity index (χ4v) is 4.49. The van der Waals surface area contributed by atoms with Crippen molar-refractivity contribution in [2.45, 2.75) is 38.3 Å². The number of oxazole rings is 1. The Bertz CT molecular complexity index is 1410. The summed E-state index contributed by atoms with van der Waals surface area (Å²) in [6.07, 6.45) is 7.90. The van der Waals surface area contributed by atoms with E-state index < -0.39 is 0 Å². The van der Waals surface area contributed by atoms with Crippen molar-refractivity contribution in [2.75, 3.05) is 5.32 Å². The lowest BCUT2D eigenvalue weighted by Crippen LogP contribution is -2.23. The van der Waals surface area contributed by atoms with Crippen molar-refractivity contribution in [3.63, 3.8) is 0 Å². The number of H-pyrrole nitrogens is 1. The van der Waals surface area contributed by atoms with E-state index in [1.165, 1.54) is 12.6 Å². The van der Waals surface area contributed by atoms with Gasteiger partial charge in [0.15, 0.2) is 12.2 Å². The van der Waals surface area contributed by atoms with Gasteiger partial charge in [0.2, 0.25) is 5.76 Å². The predicted molar refractivity (Wildman–Crippen MR) is 124 cm³/mol. The van der Waals surface area contributed by atoms with Crippen molar-refractivity contribution in [2.24, 2.45) is 5.92 Å². The number of aromatic nitrogens is 4. The van der Waals surface area contributed by atoms with Crippen molar-refractivity contribution in [3.05, 3.63) is 70.8 Å². The summed E-state index contributed by atoms with van der Waals surface area (Å²) < 4.78 is 6.84. The van der Waals surface area contributed by atoms with Gasteiger partial charge in [-0.05, 0) is 36.6 Å². The van der Waals surface area contributed by atoms with Gasteiger partial charge in [-0.25, -0.2) is 4.98 Å². The highest BCUT2D eigenvalue weighted by Gasteiger charge is 2.29. The molecule has 1 aliphatic carbocycles. The van der Waals surface area contributed by atoms with E-state index in [4.69, 9.17) is 9.52 Å². The van der Waals surface area contributed by atoms with Crippen molar-refractivity contribution in [3.8, 4) is 6.07 Å². The molecule has 1 aromatic carbocycles. The van der Waals surface area contributed by atoms with E-state index in [9.17, 15) is 14.9 Å². The second kappa shape index (κ2) is 9.23. The van der Waals surface area contributed by atoms with Gasteiger partial charge in [-0.3, -0.25) is 14.3 Å². The first-order valence-electron chi connectivity index (χ1n) is 11.2. The molecule has 1 saturated carbocycles. The average molecular weight is 457 g/mol. The summed E-state index contributed by atoms with van der Waals surface area (Å²) in [5, 5.41) is 20.9. The number of aromatic amines is 1. The number of amides is 1. The zero-order chi connectivity index (χ0) is 23.5. The van der Waals surface area contributed by atoms with Crippen LogP contribution in [0.15, 0.2) is 58.3 Å². The molecule has 10 heteroatoms. The standard InChI is InChI=1S/C24H23N7O3/c25-11-16-5-1-2-7-18(16)31-19-8-9-27-24(33)21(19)22(30-31)29-17-6-3-4-15(10-17)12-28-23(32)20-13-26-14-34-20/h3-4,6,8-10,13-14,16,18H,1-2,5,7,12H2,(H,27,33)(H,28,32)(H,29,30)/t16-,18+/m0/s1. The lowest BCUT2D eigenvalue weighted by Gasteiger charge is -2.27. The van der Waals surface area contributed by atoms with Gasteiger partial charge >= 0.3 is 0 Å². The molecule has 0 aliphatic heterocycles. The Hall–Kier alpha value is -4.39. The molecular weight excluding hydrogens is 434 g/mol. The van der Waals surface area contributed by atoms with Crippen LogP contribution in [0.1, 0.15) is 47.8 Å². The van der Waals surface area contributed by atoms with Crippen LogP contribution in [0.2, 0.25) is 0 Å². The van der Waals surface area contributed by atoms with Crippen LogP contribution in [0.3, 0.4) is 0 Å². The van der Waals surface area contributed by atoms with Crippen molar-refractivity contribution in [1.29, 1.82) is 5.26 Å². The van der Waals surface area contributed by atoms with Crippen LogP contribution in [0.4, 0.5) is 11.5 Å². The van der Waals surface area contributed by atoms with Crippen LogP contribution in [0.5, 0.6) is 0 Å². The van der Waals surface area contributed by atoms with Gasteiger partial charge in [-0.1, -0.05) is 25.0 Å². The molecule has 3 N–H and O–H groups in total. The Kier molecular flexibility index (Phi) is 5.82. The summed E-state index contributed by atoms with van der Waals surface area (Å²) in [4.78, 5) is 31.3. The molecule has 2 atom stereocenters.